The normalized spacial score (nSPS) is 36.6. The monoisotopic (exact) mass is 223 g/mol. The molecular formula is C11H17N3O2. The van der Waals surface area contributed by atoms with E-state index in [1.54, 1.807) is 0 Å². The van der Waals surface area contributed by atoms with Crippen LogP contribution in [0.3, 0.4) is 0 Å². The number of aliphatic hydroxyl groups excluding tert-OH is 1. The van der Waals surface area contributed by atoms with Gasteiger partial charge in [0.1, 0.15) is 0 Å². The molecule has 0 spiro atoms. The van der Waals surface area contributed by atoms with Crippen LogP contribution >= 0.6 is 0 Å². The van der Waals surface area contributed by atoms with E-state index in [1.807, 2.05) is 0 Å². The molecule has 5 heteroatoms. The van der Waals surface area contributed by atoms with Gasteiger partial charge in [-0.25, -0.2) is 0 Å². The summed E-state index contributed by atoms with van der Waals surface area (Å²) in [6.07, 6.45) is 1.50. The summed E-state index contributed by atoms with van der Waals surface area (Å²) in [5.74, 6) is 1.88. The van der Waals surface area contributed by atoms with E-state index in [0.717, 1.165) is 12.2 Å². The molecule has 2 fully saturated rings. The summed E-state index contributed by atoms with van der Waals surface area (Å²) in [5.41, 5.74) is 0.323. The van der Waals surface area contributed by atoms with Gasteiger partial charge in [0, 0.05) is 12.5 Å². The van der Waals surface area contributed by atoms with Gasteiger partial charge in [-0.15, -0.1) is 0 Å². The van der Waals surface area contributed by atoms with Gasteiger partial charge in [0.2, 0.25) is 5.89 Å². The molecule has 2 N–H and O–H groups in total. The summed E-state index contributed by atoms with van der Waals surface area (Å²) >= 11 is 0. The van der Waals surface area contributed by atoms with Crippen molar-refractivity contribution in [2.45, 2.75) is 44.8 Å². The van der Waals surface area contributed by atoms with E-state index < -0.39 is 0 Å². The fourth-order valence-electron chi connectivity index (χ4n) is 2.34. The summed E-state index contributed by atoms with van der Waals surface area (Å²) in [6.45, 7) is 5.04. The average Bonchev–Trinajstić information content (AvgIpc) is 2.67. The molecule has 0 bridgehead atoms. The van der Waals surface area contributed by atoms with E-state index in [1.165, 1.54) is 0 Å². The Morgan fingerprint density at radius 3 is 2.81 bits per heavy atom. The van der Waals surface area contributed by atoms with Crippen LogP contribution in [0.2, 0.25) is 0 Å². The third-order valence-electron chi connectivity index (χ3n) is 3.69. The van der Waals surface area contributed by atoms with Gasteiger partial charge in [-0.05, 0) is 18.3 Å². The zero-order valence-corrected chi connectivity index (χ0v) is 9.60. The number of nitrogens with zero attached hydrogens (tertiary/aromatic N) is 2. The summed E-state index contributed by atoms with van der Waals surface area (Å²) < 4.78 is 5.26. The molecule has 1 aromatic rings. The van der Waals surface area contributed by atoms with Gasteiger partial charge in [0.25, 0.3) is 0 Å². The first kappa shape index (κ1) is 10.2. The molecule has 88 valence electrons. The zero-order valence-electron chi connectivity index (χ0n) is 9.60. The van der Waals surface area contributed by atoms with E-state index in [9.17, 15) is 5.11 Å². The zero-order chi connectivity index (χ0) is 11.3. The van der Waals surface area contributed by atoms with Crippen LogP contribution in [-0.4, -0.2) is 27.9 Å². The van der Waals surface area contributed by atoms with Crippen LogP contribution in [0.25, 0.3) is 0 Å². The van der Waals surface area contributed by atoms with Crippen LogP contribution < -0.4 is 5.32 Å². The lowest BCUT2D eigenvalue weighted by atomic mass is 10.1. The molecule has 3 atom stereocenters. The van der Waals surface area contributed by atoms with Crippen molar-refractivity contribution in [3.8, 4) is 0 Å². The van der Waals surface area contributed by atoms with Crippen LogP contribution in [-0.2, 0) is 0 Å². The molecular weight excluding hydrogens is 206 g/mol. The van der Waals surface area contributed by atoms with Crippen molar-refractivity contribution in [2.24, 2.45) is 5.41 Å². The summed E-state index contributed by atoms with van der Waals surface area (Å²) in [6, 6.07) is 0.0260. The van der Waals surface area contributed by atoms with Crippen molar-refractivity contribution in [3.63, 3.8) is 0 Å². The Balaban J connectivity index is 1.74. The van der Waals surface area contributed by atoms with Gasteiger partial charge in [0.15, 0.2) is 5.82 Å². The fourth-order valence-corrected chi connectivity index (χ4v) is 2.34. The highest BCUT2D eigenvalue weighted by molar-refractivity contribution is 5.15. The van der Waals surface area contributed by atoms with E-state index in [2.05, 4.69) is 29.3 Å². The number of rotatable bonds is 2. The van der Waals surface area contributed by atoms with Gasteiger partial charge < -0.3 is 14.9 Å². The molecule has 16 heavy (non-hydrogen) atoms. The number of β-amino-alcohol motifs (C(OH)–C–C–N with tert-alkyl or cyclic N) is 1. The molecule has 1 aromatic heterocycles. The Hall–Kier alpha value is -0.940. The first-order valence-electron chi connectivity index (χ1n) is 5.81. The molecule has 0 aromatic carbocycles. The lowest BCUT2D eigenvalue weighted by Gasteiger charge is -2.01. The quantitative estimate of drug-likeness (QED) is 0.782. The first-order valence-corrected chi connectivity index (χ1v) is 5.81. The van der Waals surface area contributed by atoms with Crippen molar-refractivity contribution in [2.75, 3.05) is 6.54 Å². The number of nitrogens with one attached hydrogen (secondary N) is 1. The van der Waals surface area contributed by atoms with Crippen molar-refractivity contribution in [3.05, 3.63) is 11.7 Å². The van der Waals surface area contributed by atoms with Gasteiger partial charge in [0.05, 0.1) is 12.1 Å². The van der Waals surface area contributed by atoms with Crippen LogP contribution in [0, 0.1) is 5.41 Å². The molecule has 3 rings (SSSR count). The minimum absolute atomic E-state index is 0.0260. The van der Waals surface area contributed by atoms with Gasteiger partial charge in [-0.2, -0.15) is 4.98 Å². The highest BCUT2D eigenvalue weighted by Gasteiger charge is 2.49. The number of aliphatic hydroxyl groups is 1. The second-order valence-electron chi connectivity index (χ2n) is 5.59. The molecule has 2 heterocycles. The van der Waals surface area contributed by atoms with Crippen molar-refractivity contribution >= 4 is 0 Å². The van der Waals surface area contributed by atoms with E-state index in [4.69, 9.17) is 4.52 Å². The highest BCUT2D eigenvalue weighted by atomic mass is 16.5. The Morgan fingerprint density at radius 1 is 1.50 bits per heavy atom. The van der Waals surface area contributed by atoms with Crippen LogP contribution in [0.1, 0.15) is 50.4 Å². The highest BCUT2D eigenvalue weighted by Crippen LogP contribution is 2.57. The van der Waals surface area contributed by atoms with E-state index in [0.29, 0.717) is 30.2 Å². The van der Waals surface area contributed by atoms with E-state index in [-0.39, 0.29) is 12.1 Å². The molecule has 1 saturated heterocycles. The molecule has 1 unspecified atom stereocenters. The van der Waals surface area contributed by atoms with Gasteiger partial charge in [-0.1, -0.05) is 19.0 Å². The standard InChI is InChI=1S/C11H17N3O2/c1-11(2)4-7(11)9-13-10(16-14-9)8-3-6(15)5-12-8/h6-8,12,15H,3-5H2,1-2H3/t6-,7?,8-/m0/s1. The molecule has 2 aliphatic rings. The summed E-state index contributed by atoms with van der Waals surface area (Å²) in [5, 5.41) is 16.6. The first-order chi connectivity index (χ1) is 7.56. The SMILES string of the molecule is CC1(C)CC1c1noc([C@@H]2C[C@H](O)CN2)n1. The number of aromatic nitrogens is 2. The maximum absolute atomic E-state index is 9.42. The van der Waals surface area contributed by atoms with Crippen molar-refractivity contribution in [1.29, 1.82) is 0 Å². The molecule has 1 saturated carbocycles. The van der Waals surface area contributed by atoms with Gasteiger partial charge >= 0.3 is 0 Å². The molecule has 1 aliphatic carbocycles. The third-order valence-corrected chi connectivity index (χ3v) is 3.69. The van der Waals surface area contributed by atoms with E-state index >= 15 is 0 Å². The summed E-state index contributed by atoms with van der Waals surface area (Å²) in [7, 11) is 0. The molecule has 0 amide bonds. The largest absolute Gasteiger partial charge is 0.392 e. The smallest absolute Gasteiger partial charge is 0.243 e. The molecule has 0 radical (unpaired) electrons. The van der Waals surface area contributed by atoms with Crippen LogP contribution in [0.15, 0.2) is 4.52 Å². The maximum Gasteiger partial charge on any atom is 0.243 e. The Kier molecular flexibility index (Phi) is 2.09. The Bertz CT molecular complexity index is 402. The fraction of sp³-hybridized carbons (Fsp3) is 0.818. The van der Waals surface area contributed by atoms with Gasteiger partial charge in [-0.3, -0.25) is 0 Å². The minimum Gasteiger partial charge on any atom is -0.392 e. The predicted octanol–water partition coefficient (Wildman–Crippen LogP) is 0.978. The molecule has 5 nitrogen and oxygen atoms in total. The Morgan fingerprint density at radius 2 is 2.25 bits per heavy atom. The average molecular weight is 223 g/mol. The van der Waals surface area contributed by atoms with Crippen LogP contribution in [0.4, 0.5) is 0 Å². The van der Waals surface area contributed by atoms with Crippen molar-refractivity contribution in [1.82, 2.24) is 15.5 Å². The topological polar surface area (TPSA) is 71.2 Å². The maximum atomic E-state index is 9.42. The number of hydrogen-bond donors (Lipinski definition) is 2. The second-order valence-corrected chi connectivity index (χ2v) is 5.59. The molecule has 1 aliphatic heterocycles. The predicted molar refractivity (Wildman–Crippen MR) is 56.8 cm³/mol. The van der Waals surface area contributed by atoms with Crippen LogP contribution in [0.5, 0.6) is 0 Å². The minimum atomic E-state index is -0.294. The lowest BCUT2D eigenvalue weighted by Crippen LogP contribution is -2.15. The Labute approximate surface area is 94.2 Å². The van der Waals surface area contributed by atoms with Crippen molar-refractivity contribution < 1.29 is 9.63 Å². The number of hydrogen-bond acceptors (Lipinski definition) is 5. The third kappa shape index (κ3) is 1.64. The lowest BCUT2D eigenvalue weighted by molar-refractivity contribution is 0.191. The summed E-state index contributed by atoms with van der Waals surface area (Å²) in [4.78, 5) is 4.43. The second kappa shape index (κ2) is 3.28.